The molecule has 1 aliphatic carbocycles. The molecule has 0 aliphatic heterocycles. The quantitative estimate of drug-likeness (QED) is 0.564. The van der Waals surface area contributed by atoms with E-state index in [2.05, 4.69) is 30.0 Å². The molecule has 0 bridgehead atoms. The van der Waals surface area contributed by atoms with Crippen LogP contribution >= 0.6 is 0 Å². The molecule has 0 atom stereocenters. The summed E-state index contributed by atoms with van der Waals surface area (Å²) in [5.41, 5.74) is 3.53. The lowest BCUT2D eigenvalue weighted by molar-refractivity contribution is 0.102. The normalized spacial score (nSPS) is 14.5. The predicted molar refractivity (Wildman–Crippen MR) is 107 cm³/mol. The highest BCUT2D eigenvalue weighted by molar-refractivity contribution is 6.05. The Labute approximate surface area is 167 Å². The monoisotopic (exact) mass is 388 g/mol. The summed E-state index contributed by atoms with van der Waals surface area (Å²) in [4.78, 5) is 21.6. The molecule has 0 radical (unpaired) electrons. The van der Waals surface area contributed by atoms with Gasteiger partial charge in [0, 0.05) is 30.4 Å². The fourth-order valence-corrected chi connectivity index (χ4v) is 3.81. The summed E-state index contributed by atoms with van der Waals surface area (Å²) in [5, 5.41) is 10.7. The molecular formula is C21H20N6O2. The minimum absolute atomic E-state index is 0.226. The number of hydrogen-bond donors (Lipinski definition) is 1. The van der Waals surface area contributed by atoms with E-state index < -0.39 is 0 Å². The van der Waals surface area contributed by atoms with Gasteiger partial charge in [0.2, 0.25) is 11.8 Å². The summed E-state index contributed by atoms with van der Waals surface area (Å²) in [5.74, 6) is 0.736. The van der Waals surface area contributed by atoms with Crippen molar-refractivity contribution >= 4 is 22.8 Å². The molecule has 1 aliphatic rings. The van der Waals surface area contributed by atoms with Gasteiger partial charge in [0.1, 0.15) is 5.52 Å². The van der Waals surface area contributed by atoms with E-state index in [1.54, 1.807) is 31.3 Å². The third kappa shape index (κ3) is 3.37. The minimum Gasteiger partial charge on any atom is -0.421 e. The maximum atomic E-state index is 12.7. The highest BCUT2D eigenvalue weighted by atomic mass is 16.4. The smallest absolute Gasteiger partial charge is 0.257 e. The molecule has 1 N–H and O–H groups in total. The first-order valence-electron chi connectivity index (χ1n) is 9.72. The van der Waals surface area contributed by atoms with Crippen molar-refractivity contribution in [1.82, 2.24) is 24.7 Å². The Morgan fingerprint density at radius 1 is 1.14 bits per heavy atom. The van der Waals surface area contributed by atoms with E-state index in [1.807, 2.05) is 18.5 Å². The van der Waals surface area contributed by atoms with Crippen LogP contribution in [0.2, 0.25) is 0 Å². The Hall–Kier alpha value is -3.55. The SMILES string of the molecule is Cc1nnc(-c2ccc(NC(=O)c3cnc4c(c3)ncn4C3CCCC3)cc2)o1. The molecule has 1 aromatic carbocycles. The number of nitrogens with one attached hydrogen (secondary N) is 1. The molecule has 8 nitrogen and oxygen atoms in total. The van der Waals surface area contributed by atoms with Crippen molar-refractivity contribution in [1.29, 1.82) is 0 Å². The van der Waals surface area contributed by atoms with E-state index in [9.17, 15) is 4.79 Å². The van der Waals surface area contributed by atoms with Crippen molar-refractivity contribution in [2.45, 2.75) is 38.6 Å². The summed E-state index contributed by atoms with van der Waals surface area (Å²) < 4.78 is 7.55. The first-order chi connectivity index (χ1) is 14.2. The zero-order chi connectivity index (χ0) is 19.8. The number of carbonyl (C=O) groups is 1. The summed E-state index contributed by atoms with van der Waals surface area (Å²) >= 11 is 0. The summed E-state index contributed by atoms with van der Waals surface area (Å²) in [6.45, 7) is 1.74. The highest BCUT2D eigenvalue weighted by Crippen LogP contribution is 2.31. The number of carbonyl (C=O) groups excluding carboxylic acids is 1. The van der Waals surface area contributed by atoms with Crippen LogP contribution < -0.4 is 5.32 Å². The Balaban J connectivity index is 1.33. The van der Waals surface area contributed by atoms with Crippen LogP contribution in [0, 0.1) is 6.92 Å². The first-order valence-corrected chi connectivity index (χ1v) is 9.72. The third-order valence-electron chi connectivity index (χ3n) is 5.31. The van der Waals surface area contributed by atoms with E-state index >= 15 is 0 Å². The summed E-state index contributed by atoms with van der Waals surface area (Å²) in [7, 11) is 0. The Morgan fingerprint density at radius 3 is 2.66 bits per heavy atom. The fraction of sp³-hybridized carbons (Fsp3) is 0.286. The second-order valence-corrected chi connectivity index (χ2v) is 7.31. The molecule has 0 spiro atoms. The number of imidazole rings is 1. The molecule has 3 aromatic heterocycles. The lowest BCUT2D eigenvalue weighted by atomic mass is 10.2. The van der Waals surface area contributed by atoms with Crippen LogP contribution in [0.1, 0.15) is 48.0 Å². The molecule has 1 fully saturated rings. The average molecular weight is 388 g/mol. The first kappa shape index (κ1) is 17.5. The second kappa shape index (κ2) is 7.12. The van der Waals surface area contributed by atoms with Crippen LogP contribution in [-0.2, 0) is 0 Å². The van der Waals surface area contributed by atoms with Gasteiger partial charge in [-0.2, -0.15) is 0 Å². The number of anilines is 1. The number of rotatable bonds is 4. The molecule has 4 aromatic rings. The van der Waals surface area contributed by atoms with E-state index in [0.717, 1.165) is 29.6 Å². The van der Waals surface area contributed by atoms with E-state index in [0.29, 0.717) is 29.1 Å². The van der Waals surface area contributed by atoms with Crippen molar-refractivity contribution in [3.05, 3.63) is 54.3 Å². The van der Waals surface area contributed by atoms with Gasteiger partial charge in [-0.15, -0.1) is 10.2 Å². The number of amides is 1. The van der Waals surface area contributed by atoms with Gasteiger partial charge in [0.15, 0.2) is 5.65 Å². The number of aromatic nitrogens is 5. The number of fused-ring (bicyclic) bond motifs is 1. The van der Waals surface area contributed by atoms with Gasteiger partial charge >= 0.3 is 0 Å². The molecule has 0 saturated heterocycles. The highest BCUT2D eigenvalue weighted by Gasteiger charge is 2.20. The largest absolute Gasteiger partial charge is 0.421 e. The topological polar surface area (TPSA) is 98.7 Å². The van der Waals surface area contributed by atoms with E-state index in [1.165, 1.54) is 12.8 Å². The third-order valence-corrected chi connectivity index (χ3v) is 5.31. The van der Waals surface area contributed by atoms with Crippen LogP contribution in [0.25, 0.3) is 22.6 Å². The Bertz CT molecular complexity index is 1170. The molecule has 1 saturated carbocycles. The Kier molecular flexibility index (Phi) is 4.31. The van der Waals surface area contributed by atoms with E-state index in [4.69, 9.17) is 4.42 Å². The van der Waals surface area contributed by atoms with Crippen molar-refractivity contribution in [2.75, 3.05) is 5.32 Å². The summed E-state index contributed by atoms with van der Waals surface area (Å²) in [6, 6.07) is 9.51. The maximum absolute atomic E-state index is 12.7. The lowest BCUT2D eigenvalue weighted by Crippen LogP contribution is -2.12. The van der Waals surface area contributed by atoms with Crippen LogP contribution in [0.15, 0.2) is 47.3 Å². The van der Waals surface area contributed by atoms with Gasteiger partial charge in [0.05, 0.1) is 11.9 Å². The molecular weight excluding hydrogens is 368 g/mol. The fourth-order valence-electron chi connectivity index (χ4n) is 3.81. The predicted octanol–water partition coefficient (Wildman–Crippen LogP) is 4.16. The van der Waals surface area contributed by atoms with Gasteiger partial charge in [-0.1, -0.05) is 12.8 Å². The number of benzene rings is 1. The standard InChI is InChI=1S/C21H20N6O2/c1-13-25-26-21(29-13)14-6-8-16(9-7-14)24-20(28)15-10-18-19(22-11-15)27(12-23-18)17-4-2-3-5-17/h6-12,17H,2-5H2,1H3,(H,24,28). The lowest BCUT2D eigenvalue weighted by Gasteiger charge is -2.11. The number of hydrogen-bond acceptors (Lipinski definition) is 6. The van der Waals surface area contributed by atoms with Crippen molar-refractivity contribution in [3.63, 3.8) is 0 Å². The maximum Gasteiger partial charge on any atom is 0.257 e. The van der Waals surface area contributed by atoms with E-state index in [-0.39, 0.29) is 5.91 Å². The van der Waals surface area contributed by atoms with Crippen LogP contribution in [0.4, 0.5) is 5.69 Å². The zero-order valence-electron chi connectivity index (χ0n) is 16.0. The van der Waals surface area contributed by atoms with Gasteiger partial charge < -0.3 is 14.3 Å². The van der Waals surface area contributed by atoms with Crippen molar-refractivity contribution < 1.29 is 9.21 Å². The number of aryl methyl sites for hydroxylation is 1. The van der Waals surface area contributed by atoms with Gasteiger partial charge in [-0.05, 0) is 43.2 Å². The van der Waals surface area contributed by atoms with Gasteiger partial charge in [-0.25, -0.2) is 9.97 Å². The van der Waals surface area contributed by atoms with Crippen molar-refractivity contribution in [3.8, 4) is 11.5 Å². The van der Waals surface area contributed by atoms with Crippen LogP contribution in [0.5, 0.6) is 0 Å². The summed E-state index contributed by atoms with van der Waals surface area (Å²) in [6.07, 6.45) is 8.27. The zero-order valence-corrected chi connectivity index (χ0v) is 16.0. The number of nitrogens with zero attached hydrogens (tertiary/aromatic N) is 5. The van der Waals surface area contributed by atoms with Gasteiger partial charge in [0.25, 0.3) is 5.91 Å². The van der Waals surface area contributed by atoms with Crippen molar-refractivity contribution in [2.24, 2.45) is 0 Å². The van der Waals surface area contributed by atoms with Crippen LogP contribution in [0.3, 0.4) is 0 Å². The molecule has 0 unspecified atom stereocenters. The second-order valence-electron chi connectivity index (χ2n) is 7.31. The average Bonchev–Trinajstić information content (AvgIpc) is 3.48. The molecule has 3 heterocycles. The minimum atomic E-state index is -0.226. The molecule has 146 valence electrons. The number of pyridine rings is 1. The Morgan fingerprint density at radius 2 is 1.93 bits per heavy atom. The molecule has 8 heteroatoms. The van der Waals surface area contributed by atoms with Gasteiger partial charge in [-0.3, -0.25) is 4.79 Å². The molecule has 29 heavy (non-hydrogen) atoms. The molecule has 5 rings (SSSR count). The molecule has 1 amide bonds. The van der Waals surface area contributed by atoms with Crippen LogP contribution in [-0.4, -0.2) is 30.6 Å².